The van der Waals surface area contributed by atoms with E-state index in [-0.39, 0.29) is 19.8 Å². The molecule has 0 aliphatic carbocycles. The molecule has 0 amide bonds. The SMILES string of the molecule is CCN1C=Cc2c(c3cc(OC)c(CO)cc3c3c(CO)c(CO)c(OC)cc23)C1. The number of aliphatic hydroxyl groups is 3. The van der Waals surface area contributed by atoms with Gasteiger partial charge in [0.05, 0.1) is 34.0 Å². The van der Waals surface area contributed by atoms with Crippen LogP contribution in [0.25, 0.3) is 27.6 Å². The van der Waals surface area contributed by atoms with Crippen LogP contribution in [0.3, 0.4) is 0 Å². The highest BCUT2D eigenvalue weighted by atomic mass is 16.5. The Bertz CT molecular complexity index is 1150. The molecular formula is C24H27NO5. The van der Waals surface area contributed by atoms with Gasteiger partial charge >= 0.3 is 0 Å². The number of nitrogens with zero attached hydrogens (tertiary/aromatic N) is 1. The lowest BCUT2D eigenvalue weighted by Gasteiger charge is -2.28. The van der Waals surface area contributed by atoms with Gasteiger partial charge in [-0.25, -0.2) is 0 Å². The number of rotatable bonds is 6. The average Bonchev–Trinajstić information content (AvgIpc) is 2.81. The van der Waals surface area contributed by atoms with Gasteiger partial charge in [-0.15, -0.1) is 0 Å². The van der Waals surface area contributed by atoms with E-state index in [1.807, 2.05) is 18.2 Å². The maximum atomic E-state index is 10.3. The molecule has 158 valence electrons. The van der Waals surface area contributed by atoms with Crippen LogP contribution in [-0.4, -0.2) is 41.0 Å². The van der Waals surface area contributed by atoms with E-state index >= 15 is 0 Å². The average molecular weight is 409 g/mol. The molecule has 0 saturated heterocycles. The van der Waals surface area contributed by atoms with Gasteiger partial charge in [-0.05, 0) is 75.6 Å². The zero-order valence-electron chi connectivity index (χ0n) is 17.5. The molecule has 0 atom stereocenters. The summed E-state index contributed by atoms with van der Waals surface area (Å²) >= 11 is 0. The van der Waals surface area contributed by atoms with E-state index in [1.165, 1.54) is 0 Å². The van der Waals surface area contributed by atoms with Crippen molar-refractivity contribution >= 4 is 27.6 Å². The second-order valence-electron chi connectivity index (χ2n) is 7.41. The van der Waals surface area contributed by atoms with Gasteiger partial charge in [0.25, 0.3) is 0 Å². The van der Waals surface area contributed by atoms with E-state index in [4.69, 9.17) is 9.47 Å². The molecule has 6 nitrogen and oxygen atoms in total. The maximum absolute atomic E-state index is 10.3. The lowest BCUT2D eigenvalue weighted by molar-refractivity contribution is 0.255. The number of hydrogen-bond donors (Lipinski definition) is 3. The van der Waals surface area contributed by atoms with Gasteiger partial charge < -0.3 is 29.7 Å². The van der Waals surface area contributed by atoms with Crippen molar-refractivity contribution in [1.82, 2.24) is 4.90 Å². The summed E-state index contributed by atoms with van der Waals surface area (Å²) < 4.78 is 11.1. The van der Waals surface area contributed by atoms with E-state index in [1.54, 1.807) is 14.2 Å². The van der Waals surface area contributed by atoms with Crippen molar-refractivity contribution in [3.05, 3.63) is 52.2 Å². The Labute approximate surface area is 175 Å². The van der Waals surface area contributed by atoms with Crippen LogP contribution in [-0.2, 0) is 26.4 Å². The quantitative estimate of drug-likeness (QED) is 0.542. The monoisotopic (exact) mass is 409 g/mol. The van der Waals surface area contributed by atoms with Crippen LogP contribution in [0, 0.1) is 0 Å². The first-order valence-electron chi connectivity index (χ1n) is 10.0. The largest absolute Gasteiger partial charge is 0.496 e. The van der Waals surface area contributed by atoms with Crippen molar-refractivity contribution in [2.75, 3.05) is 20.8 Å². The van der Waals surface area contributed by atoms with E-state index < -0.39 is 0 Å². The van der Waals surface area contributed by atoms with E-state index in [2.05, 4.69) is 24.1 Å². The van der Waals surface area contributed by atoms with Crippen LogP contribution < -0.4 is 9.47 Å². The molecule has 0 saturated carbocycles. The molecular weight excluding hydrogens is 382 g/mol. The molecule has 1 heterocycles. The zero-order chi connectivity index (χ0) is 21.4. The summed E-state index contributed by atoms with van der Waals surface area (Å²) in [7, 11) is 3.16. The molecule has 30 heavy (non-hydrogen) atoms. The summed E-state index contributed by atoms with van der Waals surface area (Å²) in [5.74, 6) is 1.18. The smallest absolute Gasteiger partial charge is 0.125 e. The van der Waals surface area contributed by atoms with Crippen molar-refractivity contribution in [3.63, 3.8) is 0 Å². The Morgan fingerprint density at radius 2 is 1.57 bits per heavy atom. The number of fused-ring (bicyclic) bond motifs is 6. The molecule has 6 heteroatoms. The predicted molar refractivity (Wildman–Crippen MR) is 117 cm³/mol. The Morgan fingerprint density at radius 1 is 0.867 bits per heavy atom. The molecule has 0 radical (unpaired) electrons. The summed E-state index contributed by atoms with van der Waals surface area (Å²) in [5.41, 5.74) is 4.12. The standard InChI is InChI=1S/C24H27NO5/c1-4-25-6-5-15-18-9-23(30-3)20(12-27)21(13-28)24(18)17-7-14(11-26)22(29-2)8-16(17)19(15)10-25/h5-9,26-28H,4,10-13H2,1-3H3. The second kappa shape index (κ2) is 8.14. The Hall–Kier alpha value is -2.80. The maximum Gasteiger partial charge on any atom is 0.125 e. The summed E-state index contributed by atoms with van der Waals surface area (Å²) in [6, 6.07) is 5.83. The second-order valence-corrected chi connectivity index (χ2v) is 7.41. The first-order chi connectivity index (χ1) is 14.6. The normalized spacial score (nSPS) is 13.2. The van der Waals surface area contributed by atoms with Crippen molar-refractivity contribution in [2.45, 2.75) is 33.3 Å². The molecule has 3 N–H and O–H groups in total. The first kappa shape index (κ1) is 20.5. The van der Waals surface area contributed by atoms with Crippen LogP contribution in [0.1, 0.15) is 34.7 Å². The third kappa shape index (κ3) is 2.99. The highest BCUT2D eigenvalue weighted by Gasteiger charge is 2.23. The molecule has 0 spiro atoms. The van der Waals surface area contributed by atoms with Gasteiger partial charge in [0, 0.05) is 24.2 Å². The molecule has 3 aromatic rings. The van der Waals surface area contributed by atoms with Crippen molar-refractivity contribution < 1.29 is 24.8 Å². The van der Waals surface area contributed by atoms with Crippen molar-refractivity contribution in [1.29, 1.82) is 0 Å². The van der Waals surface area contributed by atoms with Gasteiger partial charge in [-0.3, -0.25) is 0 Å². The molecule has 1 aliphatic rings. The van der Waals surface area contributed by atoms with Crippen LogP contribution in [0.5, 0.6) is 11.5 Å². The molecule has 0 fully saturated rings. The molecule has 4 rings (SSSR count). The summed E-state index contributed by atoms with van der Waals surface area (Å²) in [6.07, 6.45) is 4.17. The number of aliphatic hydroxyl groups excluding tert-OH is 3. The number of benzene rings is 3. The van der Waals surface area contributed by atoms with E-state index in [0.717, 1.165) is 45.8 Å². The minimum Gasteiger partial charge on any atom is -0.496 e. The van der Waals surface area contributed by atoms with Gasteiger partial charge in [-0.1, -0.05) is 0 Å². The third-order valence-electron chi connectivity index (χ3n) is 6.06. The van der Waals surface area contributed by atoms with Crippen molar-refractivity contribution in [2.24, 2.45) is 0 Å². The predicted octanol–water partition coefficient (Wildman–Crippen LogP) is 3.29. The fourth-order valence-corrected chi connectivity index (χ4v) is 4.52. The Kier molecular flexibility index (Phi) is 5.56. The van der Waals surface area contributed by atoms with Crippen molar-refractivity contribution in [3.8, 4) is 11.5 Å². The highest BCUT2D eigenvalue weighted by Crippen LogP contribution is 2.43. The lowest BCUT2D eigenvalue weighted by atomic mass is 9.85. The highest BCUT2D eigenvalue weighted by molar-refractivity contribution is 6.15. The molecule has 0 bridgehead atoms. The summed E-state index contributed by atoms with van der Waals surface area (Å²) in [5, 5.41) is 33.9. The number of ether oxygens (including phenoxy) is 2. The lowest BCUT2D eigenvalue weighted by Crippen LogP contribution is -2.20. The molecule has 0 aromatic heterocycles. The Morgan fingerprint density at radius 3 is 2.17 bits per heavy atom. The molecule has 1 aliphatic heterocycles. The summed E-state index contributed by atoms with van der Waals surface area (Å²) in [6.45, 7) is 3.11. The van der Waals surface area contributed by atoms with Crippen LogP contribution >= 0.6 is 0 Å². The topological polar surface area (TPSA) is 82.4 Å². The Balaban J connectivity index is 2.25. The van der Waals surface area contributed by atoms with Crippen LogP contribution in [0.2, 0.25) is 0 Å². The number of methoxy groups -OCH3 is 2. The van der Waals surface area contributed by atoms with E-state index in [0.29, 0.717) is 28.2 Å². The van der Waals surface area contributed by atoms with E-state index in [9.17, 15) is 15.3 Å². The minimum absolute atomic E-state index is 0.157. The molecule has 0 unspecified atom stereocenters. The molecule has 3 aromatic carbocycles. The third-order valence-corrected chi connectivity index (χ3v) is 6.06. The zero-order valence-corrected chi connectivity index (χ0v) is 17.5. The fourth-order valence-electron chi connectivity index (χ4n) is 4.52. The van der Waals surface area contributed by atoms with Gasteiger partial charge in [-0.2, -0.15) is 0 Å². The van der Waals surface area contributed by atoms with Gasteiger partial charge in [0.15, 0.2) is 0 Å². The fraction of sp³-hybridized carbons (Fsp3) is 0.333. The van der Waals surface area contributed by atoms with Gasteiger partial charge in [0.2, 0.25) is 0 Å². The first-order valence-corrected chi connectivity index (χ1v) is 10.0. The summed E-state index contributed by atoms with van der Waals surface area (Å²) in [4.78, 5) is 2.23. The van der Waals surface area contributed by atoms with Crippen LogP contribution in [0.15, 0.2) is 24.4 Å². The minimum atomic E-state index is -0.240. The van der Waals surface area contributed by atoms with Crippen LogP contribution in [0.4, 0.5) is 0 Å². The number of hydrogen-bond acceptors (Lipinski definition) is 6. The van der Waals surface area contributed by atoms with Gasteiger partial charge in [0.1, 0.15) is 11.5 Å².